The van der Waals surface area contributed by atoms with Gasteiger partial charge in [0.1, 0.15) is 21.9 Å². The number of unbranched alkanes of at least 4 members (excludes halogenated alkanes) is 12. The molecule has 13 heteroatoms. The van der Waals surface area contributed by atoms with Gasteiger partial charge in [-0.05, 0) is 62.5 Å². The Morgan fingerprint density at radius 1 is 0.449 bits per heavy atom. The van der Waals surface area contributed by atoms with Crippen LogP contribution < -0.4 is 19.6 Å². The van der Waals surface area contributed by atoms with Crippen molar-refractivity contribution in [3.8, 4) is 0 Å². The number of rotatable bonds is 22. The van der Waals surface area contributed by atoms with Gasteiger partial charge < -0.3 is 44.1 Å². The monoisotopic (exact) mass is 936 g/mol. The molecule has 0 saturated heterocycles. The summed E-state index contributed by atoms with van der Waals surface area (Å²) in [5.74, 6) is 0. The Morgan fingerprint density at radius 2 is 0.735 bits per heavy atom. The van der Waals surface area contributed by atoms with Crippen molar-refractivity contribution in [1.29, 1.82) is 0 Å². The molecule has 0 N–H and O–H groups in total. The van der Waals surface area contributed by atoms with E-state index in [-0.39, 0.29) is 58.4 Å². The van der Waals surface area contributed by atoms with Gasteiger partial charge in [-0.1, -0.05) is 129 Å². The van der Waals surface area contributed by atoms with Crippen molar-refractivity contribution < 1.29 is 78.0 Å². The van der Waals surface area contributed by atoms with Crippen molar-refractivity contribution in [2.45, 2.75) is 166 Å². The average Bonchev–Trinajstić information content (AvgIpc) is 2.98. The molecule has 0 radical (unpaired) electrons. The summed E-state index contributed by atoms with van der Waals surface area (Å²) in [6.45, 7) is 8.83. The molecular weight excluding hydrogens is 883 g/mol. The van der Waals surface area contributed by atoms with Crippen LogP contribution in [-0.4, -0.2) is 0 Å². The summed E-state index contributed by atoms with van der Waals surface area (Å²) < 4.78 is 0. The molecule has 2 aromatic carbocycles. The summed E-state index contributed by atoms with van der Waals surface area (Å²) in [5.41, 5.74) is -2.48. The van der Waals surface area contributed by atoms with Crippen LogP contribution in [0.5, 0.6) is 0 Å². The van der Waals surface area contributed by atoms with Gasteiger partial charge in [-0.3, -0.25) is 0 Å². The van der Waals surface area contributed by atoms with Crippen LogP contribution in [0, 0.1) is 0 Å². The van der Waals surface area contributed by atoms with Crippen LogP contribution >= 0.6 is 11.4 Å². The van der Waals surface area contributed by atoms with Crippen molar-refractivity contribution >= 4 is 57.8 Å². The molecule has 0 saturated carbocycles. The molecule has 2 rings (SSSR count). The quantitative estimate of drug-likeness (QED) is 0.0386. The van der Waals surface area contributed by atoms with E-state index >= 15 is 0 Å². The third kappa shape index (κ3) is 28.3. The maximum absolute atomic E-state index is 11.5. The van der Waals surface area contributed by atoms with Crippen LogP contribution in [0.2, 0.25) is 0 Å². The van der Waals surface area contributed by atoms with Crippen molar-refractivity contribution in [2.75, 3.05) is 0 Å². The molecule has 0 atom stereocenters. The zero-order chi connectivity index (χ0) is 34.3. The molecule has 0 aliphatic rings. The van der Waals surface area contributed by atoms with Gasteiger partial charge in [0.05, 0.1) is 0 Å². The first-order chi connectivity index (χ1) is 22.0. The fraction of sp³-hybridized carbons (Fsp3) is 0.667. The average molecular weight is 941 g/mol. The van der Waals surface area contributed by atoms with E-state index in [1.165, 1.54) is 112 Å². The van der Waals surface area contributed by atoms with Gasteiger partial charge in [0.2, 0.25) is 9.79 Å². The van der Waals surface area contributed by atoms with Crippen LogP contribution in [0.25, 0.3) is 0 Å². The molecule has 0 spiro atoms. The summed E-state index contributed by atoms with van der Waals surface area (Å²) in [5, 5.41) is 0. The predicted molar refractivity (Wildman–Crippen MR) is 204 cm³/mol. The molecule has 4 nitrogen and oxygen atoms in total. The van der Waals surface area contributed by atoms with E-state index in [4.69, 9.17) is 0 Å². The molecule has 2 aromatic rings. The van der Waals surface area contributed by atoms with Gasteiger partial charge in [0.15, 0.2) is 0 Å². The Hall–Kier alpha value is 2.15. The van der Waals surface area contributed by atoms with Crippen LogP contribution in [0.1, 0.15) is 153 Å². The maximum Gasteiger partial charge on any atom is 2.00 e. The second-order valence-corrected chi connectivity index (χ2v) is 23.4. The van der Waals surface area contributed by atoms with E-state index in [9.17, 15) is 19.6 Å². The second kappa shape index (κ2) is 33.5. The van der Waals surface area contributed by atoms with Crippen LogP contribution in [0.15, 0.2) is 46.2 Å². The standard InChI is InChI=1S/2C18H29O2PS2.3Zn/c2*1-3-5-7-9-12-16-13-11-15-18(23-21(19,20)22)17(16)14-10-8-6-4-2;;;/h2*11,13,15H,3-10,12,14H2,1-2H3;;;/q2*-2;3*+2. The summed E-state index contributed by atoms with van der Waals surface area (Å²) >= 11 is 9.22. The van der Waals surface area contributed by atoms with Crippen molar-refractivity contribution in [3.05, 3.63) is 58.7 Å². The van der Waals surface area contributed by atoms with Gasteiger partial charge >= 0.3 is 58.4 Å². The number of aryl methyl sites for hydroxylation is 2. The SMILES string of the molecule is CCCCCCc1cccc([S+]=P([O-])([O-])[S-])c1CCCCCC.CCCCCCc1cccc([S+]=P([O-])([O-])[S-])c1CCCCCC.[Zn+2].[Zn+2].[Zn+2]. The van der Waals surface area contributed by atoms with Gasteiger partial charge in [-0.2, -0.15) is 0 Å². The Labute approximate surface area is 356 Å². The summed E-state index contributed by atoms with van der Waals surface area (Å²) in [7, 11) is 1.73. The number of hydrogen-bond donors (Lipinski definition) is 0. The molecule has 0 bridgehead atoms. The van der Waals surface area contributed by atoms with Gasteiger partial charge in [0, 0.05) is 23.3 Å². The molecular formula is C36H58O4P2S4Zn3+2. The topological polar surface area (TPSA) is 92.2 Å². The normalized spacial score (nSPS) is 11.0. The fourth-order valence-electron chi connectivity index (χ4n) is 5.61. The largest absolute Gasteiger partial charge is 2.00 e. The molecule has 0 amide bonds. The number of benzene rings is 2. The van der Waals surface area contributed by atoms with E-state index in [0.717, 1.165) is 70.2 Å². The van der Waals surface area contributed by atoms with Crippen LogP contribution in [0.3, 0.4) is 0 Å². The predicted octanol–water partition coefficient (Wildman–Crippen LogP) is 8.63. The van der Waals surface area contributed by atoms with Crippen LogP contribution in [0.4, 0.5) is 0 Å². The minimum atomic E-state index is -3.77. The molecule has 264 valence electrons. The number of hydrogen-bond acceptors (Lipinski definition) is 6. The van der Waals surface area contributed by atoms with Crippen molar-refractivity contribution in [2.24, 2.45) is 0 Å². The zero-order valence-corrected chi connectivity index (χ0v) is 44.8. The van der Waals surface area contributed by atoms with E-state index in [1.54, 1.807) is 0 Å². The van der Waals surface area contributed by atoms with Crippen LogP contribution in [-0.2, 0) is 130 Å². The molecule has 0 heterocycles. The Morgan fingerprint density at radius 3 is 1.00 bits per heavy atom. The van der Waals surface area contributed by atoms with E-state index < -0.39 is 11.4 Å². The molecule has 0 aliphatic carbocycles. The third-order valence-corrected chi connectivity index (χ3v) is 13.5. The van der Waals surface area contributed by atoms with Crippen molar-refractivity contribution in [3.63, 3.8) is 0 Å². The zero-order valence-electron chi connectivity index (χ0n) is 30.9. The first kappa shape index (κ1) is 55.5. The van der Waals surface area contributed by atoms with Gasteiger partial charge in [-0.15, -0.1) is 11.4 Å². The summed E-state index contributed by atoms with van der Waals surface area (Å²) in [6.07, 6.45) is 23.4. The van der Waals surface area contributed by atoms with Gasteiger partial charge in [-0.25, -0.2) is 0 Å². The van der Waals surface area contributed by atoms with E-state index in [2.05, 4.69) is 64.3 Å². The molecule has 0 fully saturated rings. The maximum atomic E-state index is 11.5. The van der Waals surface area contributed by atoms with E-state index in [1.807, 2.05) is 24.3 Å². The van der Waals surface area contributed by atoms with E-state index in [0.29, 0.717) is 0 Å². The van der Waals surface area contributed by atoms with Crippen molar-refractivity contribution in [1.82, 2.24) is 0 Å². The Kier molecular flexibility index (Phi) is 37.9. The summed E-state index contributed by atoms with van der Waals surface area (Å²) in [4.78, 5) is 47.9. The molecule has 0 aliphatic heterocycles. The molecule has 0 aromatic heterocycles. The fourth-order valence-corrected chi connectivity index (χ4v) is 11.0. The van der Waals surface area contributed by atoms with Gasteiger partial charge in [0.25, 0.3) is 0 Å². The molecule has 0 unspecified atom stereocenters. The molecule has 49 heavy (non-hydrogen) atoms. The second-order valence-electron chi connectivity index (χ2n) is 12.1. The third-order valence-electron chi connectivity index (χ3n) is 8.04. The minimum Gasteiger partial charge on any atom is -0.815 e. The summed E-state index contributed by atoms with van der Waals surface area (Å²) in [6, 6.07) is 12.1. The Bertz CT molecular complexity index is 1120. The smallest absolute Gasteiger partial charge is 0.815 e. The minimum absolute atomic E-state index is 0. The first-order valence-corrected chi connectivity index (χ1v) is 25.7. The Balaban J connectivity index is -0.000000814. The first-order valence-electron chi connectivity index (χ1n) is 17.6.